The van der Waals surface area contributed by atoms with Crippen LogP contribution in [0.5, 0.6) is 0 Å². The summed E-state index contributed by atoms with van der Waals surface area (Å²) >= 11 is 0. The molecule has 1 saturated heterocycles. The van der Waals surface area contributed by atoms with Crippen molar-refractivity contribution in [1.29, 1.82) is 0 Å². The van der Waals surface area contributed by atoms with Crippen LogP contribution in [0.2, 0.25) is 0 Å². The van der Waals surface area contributed by atoms with Gasteiger partial charge in [0.15, 0.2) is 0 Å². The molecule has 1 amide bonds. The van der Waals surface area contributed by atoms with Crippen molar-refractivity contribution in [3.8, 4) is 0 Å². The zero-order chi connectivity index (χ0) is 15.0. The van der Waals surface area contributed by atoms with E-state index in [1.165, 1.54) is 12.1 Å². The van der Waals surface area contributed by atoms with Crippen LogP contribution in [0.15, 0.2) is 18.2 Å². The molecule has 5 heteroatoms. The van der Waals surface area contributed by atoms with Gasteiger partial charge in [-0.1, -0.05) is 0 Å². The summed E-state index contributed by atoms with van der Waals surface area (Å²) in [5.74, 6) is -0.00819. The van der Waals surface area contributed by atoms with E-state index in [2.05, 4.69) is 5.32 Å². The van der Waals surface area contributed by atoms with Gasteiger partial charge in [0.2, 0.25) is 0 Å². The molecule has 21 heavy (non-hydrogen) atoms. The number of ether oxygens (including phenoxy) is 1. The number of nitrogens with one attached hydrogen (secondary N) is 1. The van der Waals surface area contributed by atoms with Gasteiger partial charge in [0.05, 0.1) is 6.61 Å². The minimum absolute atomic E-state index is 0.112. The molecule has 0 aliphatic carbocycles. The summed E-state index contributed by atoms with van der Waals surface area (Å²) in [6.07, 6.45) is 0.986. The quantitative estimate of drug-likeness (QED) is 0.943. The summed E-state index contributed by atoms with van der Waals surface area (Å²) in [4.78, 5) is 12.4. The molecule has 0 radical (unpaired) electrons. The van der Waals surface area contributed by atoms with Crippen LogP contribution in [-0.4, -0.2) is 30.2 Å². The number of rotatable bonds is 3. The summed E-state index contributed by atoms with van der Waals surface area (Å²) in [5.41, 5.74) is 2.27. The van der Waals surface area contributed by atoms with Crippen LogP contribution >= 0.6 is 0 Å². The minimum Gasteiger partial charge on any atom is -0.381 e. The number of nitrogens with zero attached hydrogens (tertiary/aromatic N) is 1. The van der Waals surface area contributed by atoms with E-state index < -0.39 is 0 Å². The first-order chi connectivity index (χ1) is 10.1. The maximum Gasteiger partial charge on any atom is 0.268 e. The molecule has 1 fully saturated rings. The Morgan fingerprint density at radius 1 is 1.52 bits per heavy atom. The molecule has 0 spiro atoms. The number of carbonyl (C=O) groups excluding carboxylic acids is 1. The van der Waals surface area contributed by atoms with Gasteiger partial charge in [0.1, 0.15) is 11.5 Å². The Morgan fingerprint density at radius 3 is 3.05 bits per heavy atom. The van der Waals surface area contributed by atoms with Crippen molar-refractivity contribution < 1.29 is 13.9 Å². The van der Waals surface area contributed by atoms with Gasteiger partial charge in [0.25, 0.3) is 5.91 Å². The number of aromatic nitrogens is 1. The average molecular weight is 290 g/mol. The van der Waals surface area contributed by atoms with Gasteiger partial charge >= 0.3 is 0 Å². The smallest absolute Gasteiger partial charge is 0.268 e. The van der Waals surface area contributed by atoms with Crippen LogP contribution in [0.25, 0.3) is 10.9 Å². The zero-order valence-corrected chi connectivity index (χ0v) is 12.3. The van der Waals surface area contributed by atoms with Crippen molar-refractivity contribution in [3.63, 3.8) is 0 Å². The molecule has 1 atom stereocenters. The number of benzene rings is 1. The van der Waals surface area contributed by atoms with Gasteiger partial charge in [-0.25, -0.2) is 4.39 Å². The summed E-state index contributed by atoms with van der Waals surface area (Å²) < 4.78 is 20.5. The van der Waals surface area contributed by atoms with Crippen molar-refractivity contribution in [2.24, 2.45) is 13.0 Å². The average Bonchev–Trinajstić information content (AvgIpc) is 3.05. The topological polar surface area (TPSA) is 43.3 Å². The monoisotopic (exact) mass is 290 g/mol. The number of amides is 1. The van der Waals surface area contributed by atoms with Gasteiger partial charge in [-0.3, -0.25) is 4.79 Å². The van der Waals surface area contributed by atoms with Gasteiger partial charge in [-0.05, 0) is 37.1 Å². The Hall–Kier alpha value is -1.88. The largest absolute Gasteiger partial charge is 0.381 e. The highest BCUT2D eigenvalue weighted by molar-refractivity contribution is 6.01. The maximum atomic E-state index is 13.4. The first kappa shape index (κ1) is 14.1. The Balaban J connectivity index is 1.86. The molecule has 1 aromatic heterocycles. The van der Waals surface area contributed by atoms with E-state index in [9.17, 15) is 9.18 Å². The van der Waals surface area contributed by atoms with Gasteiger partial charge < -0.3 is 14.6 Å². The highest BCUT2D eigenvalue weighted by atomic mass is 19.1. The number of fused-ring (bicyclic) bond motifs is 1. The number of hydrogen-bond acceptors (Lipinski definition) is 2. The molecule has 0 saturated carbocycles. The van der Waals surface area contributed by atoms with Crippen LogP contribution in [0.3, 0.4) is 0 Å². The van der Waals surface area contributed by atoms with Crippen molar-refractivity contribution in [2.75, 3.05) is 19.8 Å². The third-order valence-electron chi connectivity index (χ3n) is 4.20. The Bertz CT molecular complexity index is 687. The summed E-state index contributed by atoms with van der Waals surface area (Å²) in [6.45, 7) is 3.95. The third-order valence-corrected chi connectivity index (χ3v) is 4.20. The van der Waals surface area contributed by atoms with Crippen LogP contribution in [0.1, 0.15) is 22.5 Å². The van der Waals surface area contributed by atoms with Crippen molar-refractivity contribution in [3.05, 3.63) is 35.3 Å². The molecule has 1 aliphatic rings. The molecule has 1 aromatic carbocycles. The summed E-state index contributed by atoms with van der Waals surface area (Å²) in [5, 5.41) is 3.75. The second-order valence-electron chi connectivity index (χ2n) is 5.63. The van der Waals surface area contributed by atoms with Gasteiger partial charge in [-0.15, -0.1) is 0 Å². The lowest BCUT2D eigenvalue weighted by atomic mass is 10.1. The highest BCUT2D eigenvalue weighted by Crippen LogP contribution is 2.25. The highest BCUT2D eigenvalue weighted by Gasteiger charge is 2.21. The van der Waals surface area contributed by atoms with Crippen LogP contribution in [0, 0.1) is 18.7 Å². The molecule has 2 heterocycles. The Labute approximate surface area is 122 Å². The molecule has 0 bridgehead atoms. The van der Waals surface area contributed by atoms with E-state index >= 15 is 0 Å². The predicted octanol–water partition coefficient (Wildman–Crippen LogP) is 2.39. The Kier molecular flexibility index (Phi) is 3.68. The lowest BCUT2D eigenvalue weighted by Crippen LogP contribution is -2.31. The summed E-state index contributed by atoms with van der Waals surface area (Å²) in [6, 6.07) is 4.60. The number of halogens is 1. The third kappa shape index (κ3) is 2.53. The van der Waals surface area contributed by atoms with Crippen molar-refractivity contribution in [2.45, 2.75) is 13.3 Å². The van der Waals surface area contributed by atoms with Crippen LogP contribution in [-0.2, 0) is 11.8 Å². The van der Waals surface area contributed by atoms with Crippen LogP contribution in [0.4, 0.5) is 4.39 Å². The first-order valence-electron chi connectivity index (χ1n) is 7.18. The minimum atomic E-state index is -0.286. The standard InChI is InChI=1S/C16H19FN2O2/c1-10-13-7-12(17)3-4-14(13)19(2)15(10)16(20)18-8-11-5-6-21-9-11/h3-4,7,11H,5-6,8-9H2,1-2H3,(H,18,20)/t11-/m0/s1. The van der Waals surface area contributed by atoms with Gasteiger partial charge in [0, 0.05) is 37.0 Å². The predicted molar refractivity (Wildman–Crippen MR) is 78.9 cm³/mol. The SMILES string of the molecule is Cc1c(C(=O)NC[C@@H]2CCOC2)n(C)c2ccc(F)cc12. The van der Waals surface area contributed by atoms with Crippen LogP contribution < -0.4 is 5.32 Å². The molecule has 4 nitrogen and oxygen atoms in total. The fourth-order valence-electron chi connectivity index (χ4n) is 2.99. The second kappa shape index (κ2) is 5.48. The molecular weight excluding hydrogens is 271 g/mol. The molecule has 0 unspecified atom stereocenters. The number of carbonyl (C=O) groups is 1. The van der Waals surface area contributed by atoms with Crippen molar-refractivity contribution in [1.82, 2.24) is 9.88 Å². The van der Waals surface area contributed by atoms with E-state index in [0.717, 1.165) is 29.5 Å². The Morgan fingerprint density at radius 2 is 2.33 bits per heavy atom. The number of aryl methyl sites for hydroxylation is 2. The fourth-order valence-corrected chi connectivity index (χ4v) is 2.99. The van der Waals surface area contributed by atoms with Crippen molar-refractivity contribution >= 4 is 16.8 Å². The van der Waals surface area contributed by atoms with E-state index in [0.29, 0.717) is 24.8 Å². The lowest BCUT2D eigenvalue weighted by Gasteiger charge is -2.11. The second-order valence-corrected chi connectivity index (χ2v) is 5.63. The zero-order valence-electron chi connectivity index (χ0n) is 12.3. The molecule has 1 N–H and O–H groups in total. The molecular formula is C16H19FN2O2. The fraction of sp³-hybridized carbons (Fsp3) is 0.438. The lowest BCUT2D eigenvalue weighted by molar-refractivity contribution is 0.0936. The van der Waals surface area contributed by atoms with E-state index in [4.69, 9.17) is 4.74 Å². The van der Waals surface area contributed by atoms with E-state index in [-0.39, 0.29) is 11.7 Å². The summed E-state index contributed by atoms with van der Waals surface area (Å²) in [7, 11) is 1.83. The normalized spacial score (nSPS) is 18.3. The van der Waals surface area contributed by atoms with E-state index in [1.54, 1.807) is 6.07 Å². The van der Waals surface area contributed by atoms with E-state index in [1.807, 2.05) is 18.5 Å². The molecule has 2 aromatic rings. The first-order valence-corrected chi connectivity index (χ1v) is 7.18. The number of hydrogen-bond donors (Lipinski definition) is 1. The maximum absolute atomic E-state index is 13.4. The molecule has 3 rings (SSSR count). The molecule has 112 valence electrons. The van der Waals surface area contributed by atoms with Gasteiger partial charge in [-0.2, -0.15) is 0 Å². The molecule has 1 aliphatic heterocycles.